The molecule has 8 heteroatoms. The molecule has 27 heavy (non-hydrogen) atoms. The zero-order chi connectivity index (χ0) is 20.4. The summed E-state index contributed by atoms with van der Waals surface area (Å²) in [4.78, 5) is 50.2. The number of rotatable bonds is 6. The van der Waals surface area contributed by atoms with Crippen LogP contribution in [0.5, 0.6) is 0 Å². The second-order valence-electron chi connectivity index (χ2n) is 7.50. The Bertz CT molecular complexity index is 697. The Balaban J connectivity index is 1.94. The second-order valence-corrected chi connectivity index (χ2v) is 7.50. The molecule has 0 spiro atoms. The third-order valence-electron chi connectivity index (χ3n) is 5.40. The lowest BCUT2D eigenvalue weighted by molar-refractivity contribution is -0.159. The number of likely N-dealkylation sites (tertiary alicyclic amines) is 1. The molecule has 1 saturated heterocycles. The van der Waals surface area contributed by atoms with Gasteiger partial charge in [0.1, 0.15) is 11.6 Å². The first kappa shape index (κ1) is 20.6. The predicted molar refractivity (Wildman–Crippen MR) is 94.6 cm³/mol. The molecule has 2 rings (SSSR count). The van der Waals surface area contributed by atoms with E-state index in [2.05, 4.69) is 5.32 Å². The number of amides is 3. The van der Waals surface area contributed by atoms with E-state index in [9.17, 15) is 24.4 Å². The van der Waals surface area contributed by atoms with Gasteiger partial charge in [-0.1, -0.05) is 26.0 Å². The molecule has 0 radical (unpaired) electrons. The molecule has 0 saturated carbocycles. The average Bonchev–Trinajstić information content (AvgIpc) is 2.90. The van der Waals surface area contributed by atoms with Crippen LogP contribution in [0.4, 0.5) is 0 Å². The largest absolute Gasteiger partial charge is 0.454 e. The number of nitriles is 1. The summed E-state index contributed by atoms with van der Waals surface area (Å²) in [7, 11) is 0. The van der Waals surface area contributed by atoms with Crippen LogP contribution in [0.15, 0.2) is 12.2 Å². The lowest BCUT2D eigenvalue weighted by Crippen LogP contribution is -2.51. The van der Waals surface area contributed by atoms with Gasteiger partial charge in [0, 0.05) is 0 Å². The topological polar surface area (TPSA) is 117 Å². The molecule has 2 aliphatic rings. The second kappa shape index (κ2) is 7.91. The molecule has 146 valence electrons. The van der Waals surface area contributed by atoms with Gasteiger partial charge in [-0.25, -0.2) is 4.79 Å². The molecule has 0 bridgehead atoms. The summed E-state index contributed by atoms with van der Waals surface area (Å²) in [5.41, 5.74) is -1.08. The molecule has 0 aromatic rings. The van der Waals surface area contributed by atoms with Crippen molar-refractivity contribution in [3.63, 3.8) is 0 Å². The lowest BCUT2D eigenvalue weighted by Gasteiger charge is -2.27. The van der Waals surface area contributed by atoms with Gasteiger partial charge in [-0.2, -0.15) is 5.26 Å². The van der Waals surface area contributed by atoms with Crippen molar-refractivity contribution < 1.29 is 23.9 Å². The number of hydrogen-bond donors (Lipinski definition) is 1. The Labute approximate surface area is 158 Å². The zero-order valence-corrected chi connectivity index (χ0v) is 16.0. The molecule has 1 fully saturated rings. The van der Waals surface area contributed by atoms with Crippen molar-refractivity contribution in [1.82, 2.24) is 10.2 Å². The number of ether oxygens (including phenoxy) is 1. The van der Waals surface area contributed by atoms with Gasteiger partial charge in [0.15, 0.2) is 6.61 Å². The van der Waals surface area contributed by atoms with Crippen molar-refractivity contribution in [2.75, 3.05) is 6.61 Å². The third kappa shape index (κ3) is 4.02. The highest BCUT2D eigenvalue weighted by atomic mass is 16.5. The summed E-state index contributed by atoms with van der Waals surface area (Å²) in [5.74, 6) is -3.20. The number of imide groups is 1. The summed E-state index contributed by atoms with van der Waals surface area (Å²) in [6, 6.07) is 0.927. The van der Waals surface area contributed by atoms with Crippen molar-refractivity contribution in [1.29, 1.82) is 5.26 Å². The van der Waals surface area contributed by atoms with E-state index in [0.29, 0.717) is 12.8 Å². The Morgan fingerprint density at radius 1 is 1.26 bits per heavy atom. The van der Waals surface area contributed by atoms with Crippen LogP contribution >= 0.6 is 0 Å². The van der Waals surface area contributed by atoms with Crippen molar-refractivity contribution >= 4 is 23.7 Å². The molecule has 4 atom stereocenters. The fraction of sp³-hybridized carbons (Fsp3) is 0.632. The normalized spacial score (nSPS) is 24.8. The van der Waals surface area contributed by atoms with Crippen LogP contribution in [0.3, 0.4) is 0 Å². The Hall–Kier alpha value is -2.69. The van der Waals surface area contributed by atoms with Gasteiger partial charge in [-0.15, -0.1) is 0 Å². The zero-order valence-electron chi connectivity index (χ0n) is 16.0. The number of carbonyl (C=O) groups is 4. The van der Waals surface area contributed by atoms with Crippen LogP contribution in [0.25, 0.3) is 0 Å². The average molecular weight is 375 g/mol. The molecule has 3 amide bonds. The van der Waals surface area contributed by atoms with Crippen molar-refractivity contribution in [3.05, 3.63) is 12.2 Å². The molecular formula is C19H25N3O5. The van der Waals surface area contributed by atoms with Gasteiger partial charge in [-0.3, -0.25) is 19.3 Å². The molecule has 1 heterocycles. The summed E-state index contributed by atoms with van der Waals surface area (Å²) in [6.07, 6.45) is 4.70. The number of hydrogen-bond acceptors (Lipinski definition) is 6. The van der Waals surface area contributed by atoms with Crippen LogP contribution in [-0.2, 0) is 23.9 Å². The smallest absolute Gasteiger partial charge is 0.329 e. The predicted octanol–water partition coefficient (Wildman–Crippen LogP) is 0.924. The Kier molecular flexibility index (Phi) is 6.04. The van der Waals surface area contributed by atoms with Crippen LogP contribution < -0.4 is 5.32 Å². The van der Waals surface area contributed by atoms with Crippen molar-refractivity contribution in [2.24, 2.45) is 17.8 Å². The molecule has 8 nitrogen and oxygen atoms in total. The highest BCUT2D eigenvalue weighted by molar-refractivity contribution is 6.08. The summed E-state index contributed by atoms with van der Waals surface area (Å²) >= 11 is 0. The molecule has 0 aromatic carbocycles. The summed E-state index contributed by atoms with van der Waals surface area (Å²) in [5, 5.41) is 11.7. The van der Waals surface area contributed by atoms with Gasteiger partial charge < -0.3 is 10.1 Å². The van der Waals surface area contributed by atoms with Crippen molar-refractivity contribution in [2.45, 2.75) is 52.1 Å². The molecule has 1 aliphatic heterocycles. The first-order valence-corrected chi connectivity index (χ1v) is 9.03. The number of nitrogens with one attached hydrogen (secondary N) is 1. The molecule has 1 aliphatic carbocycles. The first-order valence-electron chi connectivity index (χ1n) is 9.03. The standard InChI is InChI=1S/C19H25N3O5/c1-11(2)19(4,10-20)21-15(23)9-27-18(26)12(3)22-16(24)13-7-5-6-8-14(13)17(22)25/h5-6,11-14H,7-9H2,1-4H3,(H,21,23)/t12-,13-,14+,19-/m0/s1. The minimum atomic E-state index is -1.10. The minimum Gasteiger partial charge on any atom is -0.454 e. The highest BCUT2D eigenvalue weighted by Crippen LogP contribution is 2.36. The quantitative estimate of drug-likeness (QED) is 0.419. The highest BCUT2D eigenvalue weighted by Gasteiger charge is 2.50. The maximum absolute atomic E-state index is 12.5. The number of esters is 1. The first-order chi connectivity index (χ1) is 12.6. The third-order valence-corrected chi connectivity index (χ3v) is 5.40. The molecular weight excluding hydrogens is 350 g/mol. The van der Waals surface area contributed by atoms with Gasteiger partial charge in [0.2, 0.25) is 11.8 Å². The molecule has 0 unspecified atom stereocenters. The van der Waals surface area contributed by atoms with Crippen LogP contribution in [0.2, 0.25) is 0 Å². The minimum absolute atomic E-state index is 0.141. The van der Waals surface area contributed by atoms with E-state index in [1.165, 1.54) is 6.92 Å². The summed E-state index contributed by atoms with van der Waals surface area (Å²) in [6.45, 7) is 5.98. The van der Waals surface area contributed by atoms with Crippen LogP contribution in [-0.4, -0.2) is 46.8 Å². The Morgan fingerprint density at radius 2 is 1.78 bits per heavy atom. The maximum atomic E-state index is 12.5. The number of nitrogens with zero attached hydrogens (tertiary/aromatic N) is 2. The van der Waals surface area contributed by atoms with E-state index >= 15 is 0 Å². The van der Waals surface area contributed by atoms with Gasteiger partial charge in [0.25, 0.3) is 5.91 Å². The van der Waals surface area contributed by atoms with Gasteiger partial charge in [0.05, 0.1) is 17.9 Å². The van der Waals surface area contributed by atoms with E-state index in [1.54, 1.807) is 20.8 Å². The van der Waals surface area contributed by atoms with E-state index in [4.69, 9.17) is 4.74 Å². The van der Waals surface area contributed by atoms with Gasteiger partial charge in [-0.05, 0) is 32.6 Å². The molecule has 0 aromatic heterocycles. The van der Waals surface area contributed by atoms with Crippen LogP contribution in [0.1, 0.15) is 40.5 Å². The monoisotopic (exact) mass is 375 g/mol. The fourth-order valence-corrected chi connectivity index (χ4v) is 3.20. The van der Waals surface area contributed by atoms with E-state index < -0.39 is 41.9 Å². The summed E-state index contributed by atoms with van der Waals surface area (Å²) < 4.78 is 4.98. The van der Waals surface area contributed by atoms with E-state index in [-0.39, 0.29) is 17.7 Å². The Morgan fingerprint density at radius 3 is 2.22 bits per heavy atom. The number of fused-ring (bicyclic) bond motifs is 1. The molecule has 1 N–H and O–H groups in total. The fourth-order valence-electron chi connectivity index (χ4n) is 3.20. The van der Waals surface area contributed by atoms with Crippen molar-refractivity contribution in [3.8, 4) is 6.07 Å². The SMILES string of the molecule is CC(C)[C@](C)(C#N)NC(=O)COC(=O)[C@H](C)N1C(=O)[C@H]2CC=CC[C@H]2C1=O. The maximum Gasteiger partial charge on any atom is 0.329 e. The number of allylic oxidation sites excluding steroid dienone is 2. The van der Waals surface area contributed by atoms with Gasteiger partial charge >= 0.3 is 5.97 Å². The van der Waals surface area contributed by atoms with E-state index in [1.807, 2.05) is 18.2 Å². The lowest BCUT2D eigenvalue weighted by atomic mass is 9.85. The van der Waals surface area contributed by atoms with Crippen LogP contribution in [0, 0.1) is 29.1 Å². The van der Waals surface area contributed by atoms with E-state index in [0.717, 1.165) is 4.90 Å². The number of carbonyl (C=O) groups excluding carboxylic acids is 4.